The number of pyridine rings is 2. The van der Waals surface area contributed by atoms with Gasteiger partial charge in [-0.2, -0.15) is 26.3 Å². The van der Waals surface area contributed by atoms with Crippen LogP contribution in [0.4, 0.5) is 26.3 Å². The Kier molecular flexibility index (Phi) is 16.3. The molecule has 0 aliphatic heterocycles. The first-order chi connectivity index (χ1) is 29.3. The third-order valence-corrected chi connectivity index (χ3v) is 14.9. The Morgan fingerprint density at radius 3 is 1.05 bits per heavy atom. The zero-order valence-electron chi connectivity index (χ0n) is 32.3. The molecule has 14 heteroatoms. The van der Waals surface area contributed by atoms with E-state index >= 15 is 0 Å². The molecular formula is C48H35F6IrN3O2P2-2. The van der Waals surface area contributed by atoms with E-state index in [2.05, 4.69) is 22.1 Å². The van der Waals surface area contributed by atoms with Crippen LogP contribution in [0.5, 0.6) is 0 Å². The minimum atomic E-state index is -4.32. The molecule has 0 unspecified atom stereocenters. The van der Waals surface area contributed by atoms with Crippen LogP contribution in [0.1, 0.15) is 11.1 Å². The Morgan fingerprint density at radius 1 is 0.452 bits per heavy atom. The van der Waals surface area contributed by atoms with E-state index < -0.39 is 38.1 Å². The average molecular weight is 1050 g/mol. The maximum absolute atomic E-state index is 14.5. The summed E-state index contributed by atoms with van der Waals surface area (Å²) in [5, 5.41) is 2.57. The van der Waals surface area contributed by atoms with E-state index in [0.29, 0.717) is 43.7 Å². The molecule has 8 rings (SSSR count). The van der Waals surface area contributed by atoms with Crippen molar-refractivity contribution in [1.29, 1.82) is 0 Å². The fraction of sp³-hybridized carbons (Fsp3) is 0.0417. The van der Waals surface area contributed by atoms with Gasteiger partial charge in [-0.05, 0) is 58.9 Å². The topological polar surface area (TPSA) is 75.4 Å². The van der Waals surface area contributed by atoms with Crippen LogP contribution in [0.25, 0.3) is 22.5 Å². The first-order valence-corrected chi connectivity index (χ1v) is 21.8. The van der Waals surface area contributed by atoms with Crippen molar-refractivity contribution in [3.63, 3.8) is 0 Å². The molecular weight excluding hydrogens is 1020 g/mol. The summed E-state index contributed by atoms with van der Waals surface area (Å²) in [7, 11) is -6.72. The van der Waals surface area contributed by atoms with Gasteiger partial charge >= 0.3 is 12.4 Å². The molecule has 0 amide bonds. The van der Waals surface area contributed by atoms with Gasteiger partial charge < -0.3 is 14.9 Å². The van der Waals surface area contributed by atoms with Gasteiger partial charge in [-0.3, -0.25) is 4.57 Å². The molecule has 317 valence electrons. The maximum Gasteiger partial charge on any atom is 0.381 e. The standard InChI is InChI=1S/C24H21NO2P2.2C12H7F3N.Ir/c26-28(21-13-5-1-6-14-21,22-15-7-2-8-16-22)25-29(27,23-17-9-3-10-18-23)24-19-11-4-12-20-24;2*13-12(14,15)10-6-4-9(5-7-10)11-3-1-2-8-16-11;/h1-20,26H;2*1-4,6-8H;/q;2*-1;. The van der Waals surface area contributed by atoms with Crippen LogP contribution in [-0.2, 0) is 37.0 Å². The molecule has 0 aliphatic carbocycles. The first-order valence-electron chi connectivity index (χ1n) is 18.5. The van der Waals surface area contributed by atoms with Crippen molar-refractivity contribution < 1.29 is 55.9 Å². The first kappa shape index (κ1) is 47.3. The molecule has 5 nitrogen and oxygen atoms in total. The van der Waals surface area contributed by atoms with Crippen LogP contribution in [0.3, 0.4) is 0 Å². The summed E-state index contributed by atoms with van der Waals surface area (Å²) < 4.78 is 93.0. The van der Waals surface area contributed by atoms with Crippen molar-refractivity contribution in [3.8, 4) is 22.5 Å². The minimum absolute atomic E-state index is 0. The van der Waals surface area contributed by atoms with E-state index in [1.54, 1.807) is 48.8 Å². The Balaban J connectivity index is 0.000000188. The Morgan fingerprint density at radius 2 is 0.774 bits per heavy atom. The van der Waals surface area contributed by atoms with E-state index in [1.807, 2.05) is 121 Å². The van der Waals surface area contributed by atoms with E-state index in [9.17, 15) is 35.8 Å². The van der Waals surface area contributed by atoms with Gasteiger partial charge in [-0.15, -0.1) is 59.7 Å². The molecule has 0 atom stereocenters. The second kappa shape index (κ2) is 21.4. The van der Waals surface area contributed by atoms with Crippen LogP contribution in [0.2, 0.25) is 0 Å². The molecule has 6 aromatic carbocycles. The number of hydrogen-bond acceptors (Lipinski definition) is 3. The van der Waals surface area contributed by atoms with Crippen LogP contribution in [-0.4, -0.2) is 14.9 Å². The summed E-state index contributed by atoms with van der Waals surface area (Å²) in [5.74, 6) is 0. The third-order valence-electron chi connectivity index (χ3n) is 8.86. The van der Waals surface area contributed by atoms with Crippen molar-refractivity contribution in [3.05, 3.63) is 230 Å². The molecule has 1 N–H and O–H groups in total. The van der Waals surface area contributed by atoms with Gasteiger partial charge in [0.15, 0.2) is 0 Å². The number of alkyl halides is 6. The average Bonchev–Trinajstić information content (AvgIpc) is 3.30. The number of aromatic nitrogens is 2. The molecule has 1 radical (unpaired) electrons. The molecule has 0 fully saturated rings. The minimum Gasteiger partial charge on any atom is -0.353 e. The number of halogens is 6. The van der Waals surface area contributed by atoms with Crippen LogP contribution >= 0.6 is 14.6 Å². The molecule has 2 aromatic heterocycles. The Hall–Kier alpha value is -5.73. The second-order valence-electron chi connectivity index (χ2n) is 13.0. The van der Waals surface area contributed by atoms with Crippen molar-refractivity contribution in [1.82, 2.24) is 9.97 Å². The second-order valence-corrected chi connectivity index (χ2v) is 18.2. The van der Waals surface area contributed by atoms with Gasteiger partial charge in [-0.1, -0.05) is 121 Å². The third kappa shape index (κ3) is 12.2. The van der Waals surface area contributed by atoms with Gasteiger partial charge in [0.2, 0.25) is 7.29 Å². The van der Waals surface area contributed by atoms with Crippen molar-refractivity contribution in [2.75, 3.05) is 0 Å². The van der Waals surface area contributed by atoms with Crippen molar-refractivity contribution in [2.45, 2.75) is 12.4 Å². The number of nitrogens with zero attached hydrogens (tertiary/aromatic N) is 3. The summed E-state index contributed by atoms with van der Waals surface area (Å²) in [6.45, 7) is 0. The smallest absolute Gasteiger partial charge is 0.353 e. The van der Waals surface area contributed by atoms with E-state index in [4.69, 9.17) is 4.52 Å². The van der Waals surface area contributed by atoms with Gasteiger partial charge in [0.1, 0.15) is 7.28 Å². The van der Waals surface area contributed by atoms with Gasteiger partial charge in [-0.25, -0.2) is 4.52 Å². The monoisotopic (exact) mass is 1050 g/mol. The molecule has 0 saturated heterocycles. The molecule has 62 heavy (non-hydrogen) atoms. The molecule has 0 spiro atoms. The quantitative estimate of drug-likeness (QED) is 0.0980. The zero-order valence-corrected chi connectivity index (χ0v) is 36.5. The van der Waals surface area contributed by atoms with E-state index in [-0.39, 0.29) is 20.1 Å². The van der Waals surface area contributed by atoms with E-state index in [1.165, 1.54) is 12.1 Å². The van der Waals surface area contributed by atoms with Crippen molar-refractivity contribution in [2.24, 2.45) is 4.52 Å². The maximum atomic E-state index is 14.5. The largest absolute Gasteiger partial charge is 0.381 e. The molecule has 0 saturated carbocycles. The zero-order chi connectivity index (χ0) is 43.4. The number of hydrogen-bond donors (Lipinski definition) is 1. The van der Waals surface area contributed by atoms with Gasteiger partial charge in [0.25, 0.3) is 0 Å². The Labute approximate surface area is 369 Å². The van der Waals surface area contributed by atoms with E-state index in [0.717, 1.165) is 24.3 Å². The molecule has 0 aliphatic rings. The predicted molar refractivity (Wildman–Crippen MR) is 230 cm³/mol. The molecule has 0 bridgehead atoms. The summed E-state index contributed by atoms with van der Waals surface area (Å²) in [6.07, 6.45) is -5.47. The summed E-state index contributed by atoms with van der Waals surface area (Å²) in [6, 6.07) is 59.4. The molecule has 8 aromatic rings. The molecule has 2 heterocycles. The van der Waals surface area contributed by atoms with Crippen LogP contribution in [0, 0.1) is 12.1 Å². The number of benzene rings is 6. The van der Waals surface area contributed by atoms with Gasteiger partial charge in [0.05, 0.1) is 0 Å². The fourth-order valence-electron chi connectivity index (χ4n) is 5.78. The van der Waals surface area contributed by atoms with Gasteiger partial charge in [0, 0.05) is 53.7 Å². The number of rotatable bonds is 7. The predicted octanol–water partition coefficient (Wildman–Crippen LogP) is 11.8. The van der Waals surface area contributed by atoms with Crippen molar-refractivity contribution >= 4 is 35.8 Å². The summed E-state index contributed by atoms with van der Waals surface area (Å²) >= 11 is 0. The summed E-state index contributed by atoms with van der Waals surface area (Å²) in [4.78, 5) is 20.0. The fourth-order valence-corrected chi connectivity index (χ4v) is 11.8. The summed E-state index contributed by atoms with van der Waals surface area (Å²) in [5.41, 5.74) is 0.911. The van der Waals surface area contributed by atoms with Crippen LogP contribution < -0.4 is 21.2 Å². The Bertz CT molecular complexity index is 2500. The normalized spacial score (nSPS) is 11.4. The van der Waals surface area contributed by atoms with Crippen LogP contribution in [0.15, 0.2) is 211 Å². The SMILES string of the molecule is FC(F)(F)c1c[c-]c(-c2ccccn2)cc1.FC(F)(F)c1c[c-]c(-c2ccccn2)cc1.O=P(N=P(O)(c1ccccc1)c1ccccc1)(c1ccccc1)c1ccccc1.[Ir].